The summed E-state index contributed by atoms with van der Waals surface area (Å²) in [7, 11) is 0. The Bertz CT molecular complexity index is 546. The molecule has 0 bridgehead atoms. The second kappa shape index (κ2) is 3.55. The highest BCUT2D eigenvalue weighted by molar-refractivity contribution is 6.31. The van der Waals surface area contributed by atoms with Crippen molar-refractivity contribution in [2.24, 2.45) is 17.8 Å². The first-order valence-electron chi connectivity index (χ1n) is 5.38. The van der Waals surface area contributed by atoms with Crippen LogP contribution >= 0.6 is 11.6 Å². The van der Waals surface area contributed by atoms with E-state index in [1.54, 1.807) is 24.3 Å². The Hall–Kier alpha value is -1.88. The number of halogens is 1. The summed E-state index contributed by atoms with van der Waals surface area (Å²) in [4.78, 5) is 35.8. The Balaban J connectivity index is 1.90. The second-order valence-electron chi connectivity index (χ2n) is 4.40. The zero-order valence-corrected chi connectivity index (χ0v) is 9.79. The molecule has 6 heteroatoms. The number of imide groups is 1. The molecule has 3 rings (SSSR count). The number of carboxylic acid groups (broad SMARTS) is 1. The quantitative estimate of drug-likeness (QED) is 0.814. The summed E-state index contributed by atoms with van der Waals surface area (Å²) in [5.41, 5.74) is 0.436. The minimum absolute atomic E-state index is 0.431. The van der Waals surface area contributed by atoms with Crippen molar-refractivity contribution in [1.29, 1.82) is 0 Å². The highest BCUT2D eigenvalue weighted by Crippen LogP contribution is 2.54. The maximum atomic E-state index is 12.0. The Kier molecular flexibility index (Phi) is 2.22. The van der Waals surface area contributed by atoms with Crippen molar-refractivity contribution in [2.75, 3.05) is 4.90 Å². The van der Waals surface area contributed by atoms with Crippen molar-refractivity contribution in [1.82, 2.24) is 0 Å². The number of anilines is 1. The maximum Gasteiger partial charge on any atom is 0.308 e. The van der Waals surface area contributed by atoms with Crippen LogP contribution in [0.1, 0.15) is 0 Å². The number of fused-ring (bicyclic) bond motifs is 1. The van der Waals surface area contributed by atoms with E-state index in [0.717, 1.165) is 4.90 Å². The van der Waals surface area contributed by atoms with Gasteiger partial charge in [-0.1, -0.05) is 11.6 Å². The van der Waals surface area contributed by atoms with E-state index >= 15 is 0 Å². The Labute approximate surface area is 107 Å². The van der Waals surface area contributed by atoms with Crippen LogP contribution < -0.4 is 4.90 Å². The summed E-state index contributed by atoms with van der Waals surface area (Å²) in [6, 6.07) is 6.30. The standard InChI is InChI=1S/C12H8ClNO4/c13-5-1-3-6(4-2-5)14-10(15)7-8(11(14)16)9(7)12(17)18/h1-4,7-9H,(H,17,18). The monoisotopic (exact) mass is 265 g/mol. The van der Waals surface area contributed by atoms with E-state index in [0.29, 0.717) is 10.7 Å². The molecule has 1 heterocycles. The topological polar surface area (TPSA) is 74.7 Å². The lowest BCUT2D eigenvalue weighted by molar-refractivity contribution is -0.142. The third-order valence-electron chi connectivity index (χ3n) is 3.40. The van der Waals surface area contributed by atoms with E-state index in [2.05, 4.69) is 0 Å². The van der Waals surface area contributed by atoms with Crippen LogP contribution in [0.4, 0.5) is 5.69 Å². The molecule has 1 aromatic carbocycles. The molecule has 2 aliphatic rings. The number of hydrogen-bond acceptors (Lipinski definition) is 3. The highest BCUT2D eigenvalue weighted by atomic mass is 35.5. The molecule has 2 fully saturated rings. The molecule has 1 aliphatic heterocycles. The van der Waals surface area contributed by atoms with Gasteiger partial charge in [0.1, 0.15) is 0 Å². The average molecular weight is 266 g/mol. The molecule has 2 amide bonds. The van der Waals surface area contributed by atoms with Crippen LogP contribution in [0.15, 0.2) is 24.3 Å². The van der Waals surface area contributed by atoms with Crippen molar-refractivity contribution in [3.8, 4) is 0 Å². The minimum atomic E-state index is -1.08. The first-order valence-corrected chi connectivity index (χ1v) is 5.76. The zero-order chi connectivity index (χ0) is 13.0. The van der Waals surface area contributed by atoms with Crippen molar-refractivity contribution in [2.45, 2.75) is 0 Å². The first-order chi connectivity index (χ1) is 8.52. The number of hydrogen-bond donors (Lipinski definition) is 1. The molecule has 2 atom stereocenters. The van der Waals surface area contributed by atoms with E-state index in [1.165, 1.54) is 0 Å². The van der Waals surface area contributed by atoms with Gasteiger partial charge in [0.25, 0.3) is 0 Å². The number of aliphatic carboxylic acids is 1. The Morgan fingerprint density at radius 2 is 1.61 bits per heavy atom. The smallest absolute Gasteiger partial charge is 0.308 e. The first kappa shape index (κ1) is 11.2. The second-order valence-corrected chi connectivity index (χ2v) is 4.84. The predicted octanol–water partition coefficient (Wildman–Crippen LogP) is 1.16. The summed E-state index contributed by atoms with van der Waals surface area (Å²) in [5, 5.41) is 9.35. The molecule has 2 unspecified atom stereocenters. The van der Waals surface area contributed by atoms with Gasteiger partial charge < -0.3 is 5.11 Å². The minimum Gasteiger partial charge on any atom is -0.481 e. The lowest BCUT2D eigenvalue weighted by Crippen LogP contribution is -2.35. The number of amides is 2. The van der Waals surface area contributed by atoms with E-state index in [4.69, 9.17) is 16.7 Å². The molecule has 18 heavy (non-hydrogen) atoms. The molecule has 1 saturated carbocycles. The summed E-state index contributed by atoms with van der Waals surface area (Å²) >= 11 is 5.73. The number of rotatable bonds is 2. The molecule has 1 N–H and O–H groups in total. The number of benzene rings is 1. The SMILES string of the molecule is O=C(O)C1C2C(=O)N(c3ccc(Cl)cc3)C(=O)C12. The summed E-state index contributed by atoms with van der Waals surface area (Å²) < 4.78 is 0. The summed E-state index contributed by atoms with van der Waals surface area (Å²) in [6.07, 6.45) is 0. The van der Waals surface area contributed by atoms with Crippen molar-refractivity contribution in [3.05, 3.63) is 29.3 Å². The van der Waals surface area contributed by atoms with Crippen LogP contribution in [-0.2, 0) is 14.4 Å². The number of carbonyl (C=O) groups excluding carboxylic acids is 2. The van der Waals surface area contributed by atoms with Gasteiger partial charge in [-0.25, -0.2) is 0 Å². The van der Waals surface area contributed by atoms with Crippen LogP contribution in [0, 0.1) is 17.8 Å². The largest absolute Gasteiger partial charge is 0.481 e. The highest BCUT2D eigenvalue weighted by Gasteiger charge is 2.70. The van der Waals surface area contributed by atoms with E-state index in [-0.39, 0.29) is 0 Å². The molecule has 0 aromatic heterocycles. The fraction of sp³-hybridized carbons (Fsp3) is 0.250. The van der Waals surface area contributed by atoms with Gasteiger partial charge in [-0.05, 0) is 24.3 Å². The van der Waals surface area contributed by atoms with Gasteiger partial charge in [-0.2, -0.15) is 0 Å². The fourth-order valence-corrected chi connectivity index (χ4v) is 2.61. The van der Waals surface area contributed by atoms with Gasteiger partial charge in [0.15, 0.2) is 0 Å². The van der Waals surface area contributed by atoms with E-state index in [1.807, 2.05) is 0 Å². The van der Waals surface area contributed by atoms with Gasteiger partial charge in [0.05, 0.1) is 23.4 Å². The normalized spacial score (nSPS) is 29.4. The average Bonchev–Trinajstić information content (AvgIpc) is 3.01. The zero-order valence-electron chi connectivity index (χ0n) is 9.04. The van der Waals surface area contributed by atoms with Crippen molar-refractivity contribution in [3.63, 3.8) is 0 Å². The van der Waals surface area contributed by atoms with Crippen LogP contribution in [0.3, 0.4) is 0 Å². The van der Waals surface area contributed by atoms with Crippen LogP contribution in [-0.4, -0.2) is 22.9 Å². The molecular formula is C12H8ClNO4. The molecule has 0 radical (unpaired) electrons. The van der Waals surface area contributed by atoms with Crippen LogP contribution in [0.25, 0.3) is 0 Å². The molecule has 5 nitrogen and oxygen atoms in total. The predicted molar refractivity (Wildman–Crippen MR) is 62.1 cm³/mol. The summed E-state index contributed by atoms with van der Waals surface area (Å²) in [6.45, 7) is 0. The van der Waals surface area contributed by atoms with Gasteiger partial charge in [-0.15, -0.1) is 0 Å². The number of carboxylic acids is 1. The number of carbonyl (C=O) groups is 3. The van der Waals surface area contributed by atoms with Crippen LogP contribution in [0.2, 0.25) is 5.02 Å². The number of nitrogens with zero attached hydrogens (tertiary/aromatic N) is 1. The van der Waals surface area contributed by atoms with Gasteiger partial charge in [0.2, 0.25) is 11.8 Å². The number of piperidine rings is 1. The molecule has 0 spiro atoms. The molecule has 1 aliphatic carbocycles. The van der Waals surface area contributed by atoms with Gasteiger partial charge in [-0.3, -0.25) is 19.3 Å². The summed E-state index contributed by atoms with van der Waals surface area (Å²) in [5.74, 6) is -4.16. The van der Waals surface area contributed by atoms with Gasteiger partial charge >= 0.3 is 5.97 Å². The third kappa shape index (κ3) is 1.37. The van der Waals surface area contributed by atoms with E-state index in [9.17, 15) is 14.4 Å². The molecule has 1 aromatic rings. The molecule has 1 saturated heterocycles. The molecule has 92 valence electrons. The van der Waals surface area contributed by atoms with Gasteiger partial charge in [0, 0.05) is 5.02 Å². The van der Waals surface area contributed by atoms with Crippen molar-refractivity contribution < 1.29 is 19.5 Å². The lowest BCUT2D eigenvalue weighted by atomic mass is 10.2. The Morgan fingerprint density at radius 1 is 1.11 bits per heavy atom. The molecular weight excluding hydrogens is 258 g/mol. The fourth-order valence-electron chi connectivity index (χ4n) is 2.48. The van der Waals surface area contributed by atoms with E-state index < -0.39 is 35.5 Å². The maximum absolute atomic E-state index is 12.0. The Morgan fingerprint density at radius 3 is 2.06 bits per heavy atom. The lowest BCUT2D eigenvalue weighted by Gasteiger charge is -2.17. The third-order valence-corrected chi connectivity index (χ3v) is 3.65. The van der Waals surface area contributed by atoms with Crippen molar-refractivity contribution >= 4 is 35.1 Å². The van der Waals surface area contributed by atoms with Crippen LogP contribution in [0.5, 0.6) is 0 Å².